The van der Waals surface area contributed by atoms with Crippen LogP contribution in [0.3, 0.4) is 0 Å². The number of benzene rings is 1. The molecule has 0 saturated heterocycles. The second-order valence-corrected chi connectivity index (χ2v) is 3.52. The van der Waals surface area contributed by atoms with E-state index in [0.717, 1.165) is 13.2 Å². The van der Waals surface area contributed by atoms with Crippen molar-refractivity contribution in [2.75, 3.05) is 12.8 Å². The molecule has 0 amide bonds. The molecule has 76 valence electrons. The van der Waals surface area contributed by atoms with Crippen molar-refractivity contribution < 1.29 is 18.3 Å². The molecular formula is C8H6F2INO2. The summed E-state index contributed by atoms with van der Waals surface area (Å²) < 4.78 is 30.5. The van der Waals surface area contributed by atoms with E-state index in [-0.39, 0.29) is 9.26 Å². The van der Waals surface area contributed by atoms with E-state index in [0.29, 0.717) is 0 Å². The van der Waals surface area contributed by atoms with E-state index < -0.39 is 23.2 Å². The van der Waals surface area contributed by atoms with Crippen molar-refractivity contribution in [2.45, 2.75) is 0 Å². The lowest BCUT2D eigenvalue weighted by molar-refractivity contribution is 0.0594. The Labute approximate surface area is 92.4 Å². The third kappa shape index (κ3) is 1.79. The number of hydrogen-bond donors (Lipinski definition) is 1. The fourth-order valence-corrected chi connectivity index (χ4v) is 1.42. The Morgan fingerprint density at radius 3 is 2.64 bits per heavy atom. The Kier molecular flexibility index (Phi) is 3.25. The van der Waals surface area contributed by atoms with Gasteiger partial charge >= 0.3 is 5.97 Å². The molecule has 0 saturated carbocycles. The maximum absolute atomic E-state index is 13.3. The summed E-state index contributed by atoms with van der Waals surface area (Å²) >= 11 is 1.52. The van der Waals surface area contributed by atoms with Crippen molar-refractivity contribution >= 4 is 34.2 Å². The van der Waals surface area contributed by atoms with Gasteiger partial charge in [-0.05, 0) is 28.7 Å². The number of ether oxygens (including phenoxy) is 1. The highest BCUT2D eigenvalue weighted by atomic mass is 127. The van der Waals surface area contributed by atoms with Gasteiger partial charge in [0.05, 0.1) is 21.9 Å². The highest BCUT2D eigenvalue weighted by Gasteiger charge is 2.19. The molecule has 0 heterocycles. The molecule has 0 fully saturated rings. The molecule has 1 rings (SSSR count). The number of carbonyl (C=O) groups excluding carboxylic acids is 1. The molecule has 0 spiro atoms. The van der Waals surface area contributed by atoms with Crippen LogP contribution in [0.2, 0.25) is 0 Å². The first-order chi connectivity index (χ1) is 6.49. The molecule has 14 heavy (non-hydrogen) atoms. The Bertz CT molecular complexity index is 395. The van der Waals surface area contributed by atoms with E-state index in [4.69, 9.17) is 5.73 Å². The number of methoxy groups -OCH3 is 1. The van der Waals surface area contributed by atoms with Gasteiger partial charge in [0.2, 0.25) is 0 Å². The van der Waals surface area contributed by atoms with Gasteiger partial charge in [-0.25, -0.2) is 13.6 Å². The quantitative estimate of drug-likeness (QED) is 0.373. The Balaban J connectivity index is 3.40. The van der Waals surface area contributed by atoms with Crippen molar-refractivity contribution in [1.29, 1.82) is 0 Å². The standard InChI is InChI=1S/C8H6F2INO2/c1-14-8(13)3-2-4(9)7(12)6(11)5(3)10/h2H,12H2,1H3. The van der Waals surface area contributed by atoms with E-state index in [2.05, 4.69) is 4.74 Å². The van der Waals surface area contributed by atoms with Crippen molar-refractivity contribution in [3.8, 4) is 0 Å². The number of carbonyl (C=O) groups is 1. The Hall–Kier alpha value is -0.920. The average molecular weight is 313 g/mol. The van der Waals surface area contributed by atoms with Crippen LogP contribution in [-0.4, -0.2) is 13.1 Å². The van der Waals surface area contributed by atoms with E-state index in [1.165, 1.54) is 22.6 Å². The normalized spacial score (nSPS) is 10.0. The SMILES string of the molecule is COC(=O)c1cc(F)c(N)c(I)c1F. The molecule has 0 aliphatic heterocycles. The third-order valence-corrected chi connectivity index (χ3v) is 2.65. The van der Waals surface area contributed by atoms with Crippen LogP contribution >= 0.6 is 22.6 Å². The van der Waals surface area contributed by atoms with E-state index >= 15 is 0 Å². The van der Waals surface area contributed by atoms with Gasteiger partial charge in [-0.15, -0.1) is 0 Å². The predicted octanol–water partition coefficient (Wildman–Crippen LogP) is 1.94. The molecule has 1 aromatic carbocycles. The number of rotatable bonds is 1. The fraction of sp³-hybridized carbons (Fsp3) is 0.125. The van der Waals surface area contributed by atoms with E-state index in [9.17, 15) is 13.6 Å². The first kappa shape index (κ1) is 11.2. The van der Waals surface area contributed by atoms with Crippen LogP contribution in [0.1, 0.15) is 10.4 Å². The summed E-state index contributed by atoms with van der Waals surface area (Å²) in [6, 6.07) is 0.721. The Morgan fingerprint density at radius 2 is 2.14 bits per heavy atom. The highest BCUT2D eigenvalue weighted by molar-refractivity contribution is 14.1. The molecule has 3 nitrogen and oxygen atoms in total. The van der Waals surface area contributed by atoms with Gasteiger partial charge in [0.25, 0.3) is 0 Å². The maximum atomic E-state index is 13.3. The molecule has 0 aliphatic carbocycles. The molecule has 0 radical (unpaired) electrons. The van der Waals surface area contributed by atoms with Crippen LogP contribution in [0.5, 0.6) is 0 Å². The summed E-state index contributed by atoms with van der Waals surface area (Å²) in [5, 5.41) is 0. The molecule has 0 aliphatic rings. The predicted molar refractivity (Wildman–Crippen MR) is 54.8 cm³/mol. The third-order valence-electron chi connectivity index (χ3n) is 1.60. The lowest BCUT2D eigenvalue weighted by Crippen LogP contribution is -2.09. The lowest BCUT2D eigenvalue weighted by atomic mass is 10.2. The minimum absolute atomic E-state index is 0.122. The van der Waals surface area contributed by atoms with Gasteiger partial charge in [0, 0.05) is 0 Å². The lowest BCUT2D eigenvalue weighted by Gasteiger charge is -2.06. The summed E-state index contributed by atoms with van der Waals surface area (Å²) in [6.07, 6.45) is 0. The van der Waals surface area contributed by atoms with Crippen LogP contribution in [0.4, 0.5) is 14.5 Å². The van der Waals surface area contributed by atoms with Crippen LogP contribution in [-0.2, 0) is 4.74 Å². The van der Waals surface area contributed by atoms with Gasteiger partial charge in [0.15, 0.2) is 5.82 Å². The van der Waals surface area contributed by atoms with Crippen LogP contribution in [0.25, 0.3) is 0 Å². The van der Waals surface area contributed by atoms with Gasteiger partial charge in [0.1, 0.15) is 5.82 Å². The number of esters is 1. The largest absolute Gasteiger partial charge is 0.465 e. The summed E-state index contributed by atoms with van der Waals surface area (Å²) in [5.41, 5.74) is 4.45. The van der Waals surface area contributed by atoms with Crippen molar-refractivity contribution in [1.82, 2.24) is 0 Å². The summed E-state index contributed by atoms with van der Waals surface area (Å²) in [7, 11) is 1.09. The first-order valence-electron chi connectivity index (χ1n) is 3.50. The summed E-state index contributed by atoms with van der Waals surface area (Å²) in [4.78, 5) is 11.0. The van der Waals surface area contributed by atoms with Crippen LogP contribution in [0, 0.1) is 15.2 Å². The van der Waals surface area contributed by atoms with Crippen molar-refractivity contribution in [3.05, 3.63) is 26.8 Å². The van der Waals surface area contributed by atoms with Crippen LogP contribution < -0.4 is 5.73 Å². The number of halogens is 3. The van der Waals surface area contributed by atoms with Crippen molar-refractivity contribution in [3.63, 3.8) is 0 Å². The molecule has 0 aromatic heterocycles. The minimum atomic E-state index is -0.931. The van der Waals surface area contributed by atoms with Gasteiger partial charge in [-0.3, -0.25) is 0 Å². The molecular weight excluding hydrogens is 307 g/mol. The van der Waals surface area contributed by atoms with E-state index in [1.54, 1.807) is 0 Å². The monoisotopic (exact) mass is 313 g/mol. The number of nitrogen functional groups attached to an aromatic ring is 1. The zero-order valence-corrected chi connectivity index (χ0v) is 9.26. The van der Waals surface area contributed by atoms with Gasteiger partial charge < -0.3 is 10.5 Å². The molecule has 0 unspecified atom stereocenters. The van der Waals surface area contributed by atoms with Crippen molar-refractivity contribution in [2.24, 2.45) is 0 Å². The zero-order valence-electron chi connectivity index (χ0n) is 7.11. The summed E-state index contributed by atoms with van der Waals surface area (Å²) in [6.45, 7) is 0. The molecule has 1 aromatic rings. The maximum Gasteiger partial charge on any atom is 0.340 e. The number of hydrogen-bond acceptors (Lipinski definition) is 3. The molecule has 2 N–H and O–H groups in total. The fourth-order valence-electron chi connectivity index (χ4n) is 0.868. The van der Waals surface area contributed by atoms with Gasteiger partial charge in [-0.1, -0.05) is 0 Å². The van der Waals surface area contributed by atoms with Crippen LogP contribution in [0.15, 0.2) is 6.07 Å². The van der Waals surface area contributed by atoms with Gasteiger partial charge in [-0.2, -0.15) is 0 Å². The number of nitrogens with two attached hydrogens (primary N) is 1. The highest BCUT2D eigenvalue weighted by Crippen LogP contribution is 2.25. The van der Waals surface area contributed by atoms with E-state index in [1.807, 2.05) is 0 Å². The number of anilines is 1. The topological polar surface area (TPSA) is 52.3 Å². The molecule has 6 heteroatoms. The smallest absolute Gasteiger partial charge is 0.340 e. The molecule has 0 atom stereocenters. The average Bonchev–Trinajstić information content (AvgIpc) is 2.19. The molecule has 0 bridgehead atoms. The zero-order chi connectivity index (χ0) is 10.9. The second kappa shape index (κ2) is 4.07. The summed E-state index contributed by atoms with van der Waals surface area (Å²) in [5.74, 6) is -2.63. The minimum Gasteiger partial charge on any atom is -0.465 e. The Morgan fingerprint density at radius 1 is 1.57 bits per heavy atom. The second-order valence-electron chi connectivity index (χ2n) is 2.44. The first-order valence-corrected chi connectivity index (χ1v) is 4.58.